The molecule has 0 bridgehead atoms. The van der Waals surface area contributed by atoms with Crippen LogP contribution in [0.5, 0.6) is 0 Å². The molecular formula is C19H19N7O3. The average molecular weight is 393 g/mol. The fraction of sp³-hybridized carbons (Fsp3) is 0.368. The number of aryl methyl sites for hydroxylation is 2. The molecule has 10 heteroatoms. The van der Waals surface area contributed by atoms with E-state index in [0.717, 1.165) is 12.0 Å². The van der Waals surface area contributed by atoms with Gasteiger partial charge >= 0.3 is 0 Å². The van der Waals surface area contributed by atoms with Crippen LogP contribution in [0, 0.1) is 6.92 Å². The lowest BCUT2D eigenvalue weighted by Crippen LogP contribution is -2.24. The van der Waals surface area contributed by atoms with E-state index in [2.05, 4.69) is 56.7 Å². The molecule has 0 amide bonds. The standard InChI is InChI=1S/C19H19N7O3/c1-11-3-5-12(6-4-11)15-7-13(10-28-15)18-21-16(29-23-18)9-26-19(27)17-14(8-20-26)22-24-25(17)2/h3-6,8,13,15H,7,9-10H2,1-2H3/t13-,15+/m0/s1. The number of fused-ring (bicyclic) bond motifs is 1. The van der Waals surface area contributed by atoms with E-state index < -0.39 is 0 Å². The predicted octanol–water partition coefficient (Wildman–Crippen LogP) is 1.51. The van der Waals surface area contributed by atoms with Crippen molar-refractivity contribution in [1.29, 1.82) is 0 Å². The highest BCUT2D eigenvalue weighted by atomic mass is 16.5. The first kappa shape index (κ1) is 17.7. The summed E-state index contributed by atoms with van der Waals surface area (Å²) in [5.41, 5.74) is 2.89. The summed E-state index contributed by atoms with van der Waals surface area (Å²) in [6.07, 6.45) is 2.30. The lowest BCUT2D eigenvalue weighted by molar-refractivity contribution is 0.110. The molecule has 2 atom stereocenters. The van der Waals surface area contributed by atoms with Gasteiger partial charge in [-0.05, 0) is 18.9 Å². The van der Waals surface area contributed by atoms with Gasteiger partial charge in [0, 0.05) is 13.0 Å². The number of rotatable bonds is 4. The molecule has 0 N–H and O–H groups in total. The molecule has 1 aromatic carbocycles. The Kier molecular flexibility index (Phi) is 4.20. The fourth-order valence-electron chi connectivity index (χ4n) is 3.57. The molecule has 1 saturated heterocycles. The highest BCUT2D eigenvalue weighted by molar-refractivity contribution is 5.71. The van der Waals surface area contributed by atoms with Crippen molar-refractivity contribution in [3.8, 4) is 0 Å². The molecule has 4 aromatic rings. The maximum Gasteiger partial charge on any atom is 0.295 e. The maximum atomic E-state index is 12.6. The van der Waals surface area contributed by atoms with Crippen LogP contribution in [0.25, 0.3) is 11.0 Å². The normalized spacial score (nSPS) is 19.2. The van der Waals surface area contributed by atoms with Gasteiger partial charge in [0.05, 0.1) is 18.9 Å². The van der Waals surface area contributed by atoms with Crippen molar-refractivity contribution in [3.05, 3.63) is 63.7 Å². The van der Waals surface area contributed by atoms with Crippen LogP contribution in [0.2, 0.25) is 0 Å². The van der Waals surface area contributed by atoms with Crippen molar-refractivity contribution in [2.24, 2.45) is 7.05 Å². The van der Waals surface area contributed by atoms with E-state index in [9.17, 15) is 4.79 Å². The second-order valence-corrected chi connectivity index (χ2v) is 7.27. The van der Waals surface area contributed by atoms with Crippen molar-refractivity contribution in [2.75, 3.05) is 6.61 Å². The van der Waals surface area contributed by atoms with Crippen LogP contribution < -0.4 is 5.56 Å². The van der Waals surface area contributed by atoms with Crippen LogP contribution >= 0.6 is 0 Å². The highest BCUT2D eigenvalue weighted by Crippen LogP contribution is 2.37. The summed E-state index contributed by atoms with van der Waals surface area (Å²) < 4.78 is 14.0. The van der Waals surface area contributed by atoms with E-state index >= 15 is 0 Å². The van der Waals surface area contributed by atoms with Gasteiger partial charge in [0.25, 0.3) is 5.56 Å². The van der Waals surface area contributed by atoms with Crippen LogP contribution in [-0.2, 0) is 18.3 Å². The second kappa shape index (κ2) is 6.89. The van der Waals surface area contributed by atoms with E-state index in [0.29, 0.717) is 29.4 Å². The maximum absolute atomic E-state index is 12.6. The molecule has 1 aliphatic heterocycles. The van der Waals surface area contributed by atoms with Crippen molar-refractivity contribution in [1.82, 2.24) is 34.9 Å². The minimum absolute atomic E-state index is 0.0200. The minimum Gasteiger partial charge on any atom is -0.373 e. The third-order valence-electron chi connectivity index (χ3n) is 5.19. The minimum atomic E-state index is -0.307. The summed E-state index contributed by atoms with van der Waals surface area (Å²) in [4.78, 5) is 17.1. The van der Waals surface area contributed by atoms with E-state index in [1.165, 1.54) is 21.1 Å². The molecule has 0 spiro atoms. The van der Waals surface area contributed by atoms with Crippen LogP contribution in [0.15, 0.2) is 39.8 Å². The van der Waals surface area contributed by atoms with Gasteiger partial charge in [0.2, 0.25) is 5.89 Å². The van der Waals surface area contributed by atoms with E-state index in [-0.39, 0.29) is 24.1 Å². The molecule has 0 saturated carbocycles. The van der Waals surface area contributed by atoms with E-state index in [1.807, 2.05) is 0 Å². The van der Waals surface area contributed by atoms with Gasteiger partial charge in [-0.15, -0.1) is 5.10 Å². The summed E-state index contributed by atoms with van der Waals surface area (Å²) >= 11 is 0. The molecule has 0 radical (unpaired) electrons. The fourth-order valence-corrected chi connectivity index (χ4v) is 3.57. The molecule has 5 rings (SSSR count). The van der Waals surface area contributed by atoms with Crippen molar-refractivity contribution in [3.63, 3.8) is 0 Å². The number of benzene rings is 1. The third-order valence-corrected chi connectivity index (χ3v) is 5.19. The number of nitrogens with zero attached hydrogens (tertiary/aromatic N) is 7. The number of ether oxygens (including phenoxy) is 1. The van der Waals surface area contributed by atoms with Gasteiger partial charge in [-0.1, -0.05) is 40.2 Å². The lowest BCUT2D eigenvalue weighted by atomic mass is 9.99. The third kappa shape index (κ3) is 3.21. The molecular weight excluding hydrogens is 374 g/mol. The largest absolute Gasteiger partial charge is 0.373 e. The summed E-state index contributed by atoms with van der Waals surface area (Å²) in [6, 6.07) is 8.34. The zero-order valence-electron chi connectivity index (χ0n) is 16.0. The SMILES string of the molecule is Cc1ccc([C@H]2C[C@H](c3noc(Cn4ncc5nnn(C)c5c4=O)n3)CO2)cc1. The number of hydrogen-bond donors (Lipinski definition) is 0. The average Bonchev–Trinajstić information content (AvgIpc) is 3.45. The van der Waals surface area contributed by atoms with Gasteiger partial charge in [0.15, 0.2) is 11.3 Å². The first-order valence-corrected chi connectivity index (χ1v) is 9.34. The smallest absolute Gasteiger partial charge is 0.295 e. The Labute approximate surface area is 165 Å². The molecule has 148 valence electrons. The Hall–Kier alpha value is -3.40. The zero-order valence-corrected chi connectivity index (χ0v) is 16.0. The van der Waals surface area contributed by atoms with Crippen LogP contribution in [0.3, 0.4) is 0 Å². The highest BCUT2D eigenvalue weighted by Gasteiger charge is 2.31. The van der Waals surface area contributed by atoms with Gasteiger partial charge < -0.3 is 9.26 Å². The second-order valence-electron chi connectivity index (χ2n) is 7.27. The monoisotopic (exact) mass is 393 g/mol. The summed E-state index contributed by atoms with van der Waals surface area (Å²) in [5, 5.41) is 16.0. The van der Waals surface area contributed by atoms with Gasteiger partial charge in [-0.2, -0.15) is 10.1 Å². The quantitative estimate of drug-likeness (QED) is 0.513. The Balaban J connectivity index is 1.32. The van der Waals surface area contributed by atoms with Crippen molar-refractivity contribution < 1.29 is 9.26 Å². The first-order chi connectivity index (χ1) is 14.1. The van der Waals surface area contributed by atoms with Gasteiger partial charge in [0.1, 0.15) is 12.1 Å². The number of aromatic nitrogens is 7. The molecule has 3 aromatic heterocycles. The molecule has 29 heavy (non-hydrogen) atoms. The van der Waals surface area contributed by atoms with E-state index in [4.69, 9.17) is 9.26 Å². The summed E-state index contributed by atoms with van der Waals surface area (Å²) in [5.74, 6) is 0.959. The molecule has 1 fully saturated rings. The van der Waals surface area contributed by atoms with Crippen molar-refractivity contribution in [2.45, 2.75) is 31.9 Å². The Morgan fingerprint density at radius 3 is 2.90 bits per heavy atom. The summed E-state index contributed by atoms with van der Waals surface area (Å²) in [6.45, 7) is 2.68. The van der Waals surface area contributed by atoms with E-state index in [1.54, 1.807) is 7.05 Å². The molecule has 0 aliphatic carbocycles. The Morgan fingerprint density at radius 1 is 1.24 bits per heavy atom. The number of hydrogen-bond acceptors (Lipinski definition) is 8. The summed E-state index contributed by atoms with van der Waals surface area (Å²) in [7, 11) is 1.66. The predicted molar refractivity (Wildman–Crippen MR) is 101 cm³/mol. The van der Waals surface area contributed by atoms with Gasteiger partial charge in [-0.25, -0.2) is 9.36 Å². The Morgan fingerprint density at radius 2 is 2.07 bits per heavy atom. The molecule has 10 nitrogen and oxygen atoms in total. The Bertz CT molecular complexity index is 1220. The first-order valence-electron chi connectivity index (χ1n) is 9.34. The topological polar surface area (TPSA) is 114 Å². The van der Waals surface area contributed by atoms with Crippen molar-refractivity contribution >= 4 is 11.0 Å². The lowest BCUT2D eigenvalue weighted by Gasteiger charge is -2.09. The van der Waals surface area contributed by atoms with Gasteiger partial charge in [-0.3, -0.25) is 4.79 Å². The molecule has 0 unspecified atom stereocenters. The van der Waals surface area contributed by atoms with Crippen LogP contribution in [0.4, 0.5) is 0 Å². The molecule has 4 heterocycles. The van der Waals surface area contributed by atoms with Crippen LogP contribution in [-0.4, -0.2) is 41.5 Å². The zero-order chi connectivity index (χ0) is 20.0. The van der Waals surface area contributed by atoms with Crippen LogP contribution in [0.1, 0.15) is 41.3 Å². The molecule has 1 aliphatic rings.